The van der Waals surface area contributed by atoms with Gasteiger partial charge in [0, 0.05) is 6.04 Å². The van der Waals surface area contributed by atoms with E-state index < -0.39 is 11.1 Å². The monoisotopic (exact) mass is 294 g/mol. The molecule has 2 rings (SSSR count). The van der Waals surface area contributed by atoms with E-state index in [0.717, 1.165) is 38.5 Å². The van der Waals surface area contributed by atoms with Gasteiger partial charge in [0.05, 0.1) is 0 Å². The standard InChI is InChI=1S/C17H30N2O2/c1-5-13(6-2)19-15(21)16(4,7-3)18-14(20)17(19)11-9-8-10-12-17/h13H,5-12H2,1-4H3,(H,18,20). The highest BCUT2D eigenvalue weighted by molar-refractivity contribution is 6.02. The van der Waals surface area contributed by atoms with Gasteiger partial charge in [-0.15, -0.1) is 0 Å². The van der Waals surface area contributed by atoms with Gasteiger partial charge in [0.15, 0.2) is 0 Å². The molecule has 0 aromatic carbocycles. The van der Waals surface area contributed by atoms with Gasteiger partial charge in [0.1, 0.15) is 11.1 Å². The van der Waals surface area contributed by atoms with Gasteiger partial charge in [-0.25, -0.2) is 0 Å². The number of hydrogen-bond donors (Lipinski definition) is 1. The van der Waals surface area contributed by atoms with Crippen LogP contribution in [0.2, 0.25) is 0 Å². The second-order valence-electron chi connectivity index (χ2n) is 6.88. The van der Waals surface area contributed by atoms with Crippen molar-refractivity contribution in [3.63, 3.8) is 0 Å². The van der Waals surface area contributed by atoms with Crippen molar-refractivity contribution in [3.05, 3.63) is 0 Å². The minimum atomic E-state index is -0.734. The lowest BCUT2D eigenvalue weighted by molar-refractivity contribution is -0.169. The third-order valence-corrected chi connectivity index (χ3v) is 5.66. The van der Waals surface area contributed by atoms with E-state index in [0.29, 0.717) is 6.42 Å². The molecule has 1 heterocycles. The first-order valence-corrected chi connectivity index (χ1v) is 8.61. The lowest BCUT2D eigenvalue weighted by Gasteiger charge is -2.55. The second-order valence-corrected chi connectivity index (χ2v) is 6.88. The minimum Gasteiger partial charge on any atom is -0.340 e. The highest BCUT2D eigenvalue weighted by Gasteiger charge is 2.57. The van der Waals surface area contributed by atoms with E-state index in [2.05, 4.69) is 19.2 Å². The molecule has 0 aromatic rings. The summed E-state index contributed by atoms with van der Waals surface area (Å²) in [6.07, 6.45) is 7.37. The van der Waals surface area contributed by atoms with Crippen LogP contribution < -0.4 is 5.32 Å². The molecule has 2 aliphatic rings. The maximum atomic E-state index is 13.2. The zero-order valence-electron chi connectivity index (χ0n) is 14.0. The van der Waals surface area contributed by atoms with Crippen LogP contribution in [0, 0.1) is 0 Å². The summed E-state index contributed by atoms with van der Waals surface area (Å²) in [7, 11) is 0. The Morgan fingerprint density at radius 3 is 2.14 bits per heavy atom. The van der Waals surface area contributed by atoms with Gasteiger partial charge in [0.25, 0.3) is 0 Å². The Kier molecular flexibility index (Phi) is 4.64. The van der Waals surface area contributed by atoms with Crippen molar-refractivity contribution < 1.29 is 9.59 Å². The maximum Gasteiger partial charge on any atom is 0.249 e. The van der Waals surface area contributed by atoms with Gasteiger partial charge in [-0.2, -0.15) is 0 Å². The van der Waals surface area contributed by atoms with Crippen LogP contribution in [0.4, 0.5) is 0 Å². The third-order valence-electron chi connectivity index (χ3n) is 5.66. The molecule has 1 saturated carbocycles. The SMILES string of the molecule is CCC(CC)N1C(=O)C(C)(CC)NC(=O)C12CCCCC2. The zero-order valence-corrected chi connectivity index (χ0v) is 14.0. The molecule has 1 unspecified atom stereocenters. The minimum absolute atomic E-state index is 0.0815. The topological polar surface area (TPSA) is 49.4 Å². The molecule has 4 heteroatoms. The molecule has 1 saturated heterocycles. The van der Waals surface area contributed by atoms with Gasteiger partial charge in [-0.3, -0.25) is 9.59 Å². The van der Waals surface area contributed by atoms with Crippen LogP contribution >= 0.6 is 0 Å². The highest BCUT2D eigenvalue weighted by Crippen LogP contribution is 2.41. The number of rotatable bonds is 4. The van der Waals surface area contributed by atoms with Crippen LogP contribution in [-0.2, 0) is 9.59 Å². The molecule has 2 fully saturated rings. The smallest absolute Gasteiger partial charge is 0.249 e. The molecule has 1 aliphatic carbocycles. The van der Waals surface area contributed by atoms with E-state index in [9.17, 15) is 9.59 Å². The van der Waals surface area contributed by atoms with E-state index in [1.54, 1.807) is 0 Å². The summed E-state index contributed by atoms with van der Waals surface area (Å²) in [6, 6.07) is 0.174. The zero-order chi connectivity index (χ0) is 15.7. The van der Waals surface area contributed by atoms with Gasteiger partial charge < -0.3 is 10.2 Å². The summed E-state index contributed by atoms with van der Waals surface area (Å²) in [5.74, 6) is 0.207. The molecule has 0 radical (unpaired) electrons. The lowest BCUT2D eigenvalue weighted by atomic mass is 9.74. The molecule has 1 atom stereocenters. The van der Waals surface area contributed by atoms with Crippen molar-refractivity contribution in [1.82, 2.24) is 10.2 Å². The molecule has 1 aliphatic heterocycles. The number of nitrogens with one attached hydrogen (secondary N) is 1. The first-order valence-electron chi connectivity index (χ1n) is 8.61. The van der Waals surface area contributed by atoms with Crippen LogP contribution in [0.3, 0.4) is 0 Å². The van der Waals surface area contributed by atoms with E-state index in [1.807, 2.05) is 18.7 Å². The van der Waals surface area contributed by atoms with E-state index >= 15 is 0 Å². The summed E-state index contributed by atoms with van der Waals surface area (Å²) in [5.41, 5.74) is -1.32. The molecule has 120 valence electrons. The second kappa shape index (κ2) is 5.98. The summed E-state index contributed by atoms with van der Waals surface area (Å²) < 4.78 is 0. The summed E-state index contributed by atoms with van der Waals surface area (Å²) >= 11 is 0. The third kappa shape index (κ3) is 2.47. The van der Waals surface area contributed by atoms with Crippen molar-refractivity contribution in [2.45, 2.75) is 96.2 Å². The lowest BCUT2D eigenvalue weighted by Crippen LogP contribution is -2.76. The number of carbonyl (C=O) groups is 2. The van der Waals surface area contributed by atoms with Crippen LogP contribution in [0.15, 0.2) is 0 Å². The van der Waals surface area contributed by atoms with E-state index in [-0.39, 0.29) is 17.9 Å². The molecule has 2 amide bonds. The number of hydrogen-bond acceptors (Lipinski definition) is 2. The largest absolute Gasteiger partial charge is 0.340 e. The fraction of sp³-hybridized carbons (Fsp3) is 0.882. The van der Waals surface area contributed by atoms with Crippen molar-refractivity contribution in [2.75, 3.05) is 0 Å². The van der Waals surface area contributed by atoms with Crippen LogP contribution in [0.5, 0.6) is 0 Å². The maximum absolute atomic E-state index is 13.2. The Labute approximate surface area is 128 Å². The fourth-order valence-electron chi connectivity index (χ4n) is 4.00. The first-order chi connectivity index (χ1) is 9.95. The summed E-state index contributed by atoms with van der Waals surface area (Å²) in [4.78, 5) is 28.1. The van der Waals surface area contributed by atoms with Crippen LogP contribution in [0.1, 0.15) is 79.1 Å². The van der Waals surface area contributed by atoms with Gasteiger partial charge in [-0.1, -0.05) is 40.0 Å². The summed E-state index contributed by atoms with van der Waals surface area (Å²) in [6.45, 7) is 8.09. The molecule has 0 aromatic heterocycles. The Morgan fingerprint density at radius 2 is 1.67 bits per heavy atom. The number of carbonyl (C=O) groups excluding carboxylic acids is 2. The highest BCUT2D eigenvalue weighted by atomic mass is 16.2. The number of amides is 2. The Balaban J connectivity index is 2.47. The van der Waals surface area contributed by atoms with E-state index in [1.165, 1.54) is 6.42 Å². The molecular weight excluding hydrogens is 264 g/mol. The molecule has 21 heavy (non-hydrogen) atoms. The normalized spacial score (nSPS) is 29.1. The number of piperazine rings is 1. The molecular formula is C17H30N2O2. The van der Waals surface area contributed by atoms with Crippen LogP contribution in [-0.4, -0.2) is 33.8 Å². The summed E-state index contributed by atoms with van der Waals surface area (Å²) in [5, 5.41) is 3.06. The molecule has 1 N–H and O–H groups in total. The Bertz CT molecular complexity index is 411. The average Bonchev–Trinajstić information content (AvgIpc) is 2.51. The van der Waals surface area contributed by atoms with Gasteiger partial charge >= 0.3 is 0 Å². The molecule has 0 bridgehead atoms. The first kappa shape index (κ1) is 16.3. The average molecular weight is 294 g/mol. The van der Waals surface area contributed by atoms with Crippen molar-refractivity contribution in [3.8, 4) is 0 Å². The van der Waals surface area contributed by atoms with Crippen molar-refractivity contribution >= 4 is 11.8 Å². The van der Waals surface area contributed by atoms with Crippen molar-refractivity contribution in [2.24, 2.45) is 0 Å². The fourth-order valence-corrected chi connectivity index (χ4v) is 4.00. The van der Waals surface area contributed by atoms with Crippen molar-refractivity contribution in [1.29, 1.82) is 0 Å². The van der Waals surface area contributed by atoms with E-state index in [4.69, 9.17) is 0 Å². The predicted molar refractivity (Wildman–Crippen MR) is 83.9 cm³/mol. The van der Waals surface area contributed by atoms with Crippen LogP contribution in [0.25, 0.3) is 0 Å². The van der Waals surface area contributed by atoms with Gasteiger partial charge in [-0.05, 0) is 39.0 Å². The molecule has 1 spiro atoms. The number of nitrogens with zero attached hydrogens (tertiary/aromatic N) is 1. The Morgan fingerprint density at radius 1 is 1.10 bits per heavy atom. The Hall–Kier alpha value is -1.06. The molecule has 4 nitrogen and oxygen atoms in total. The van der Waals surface area contributed by atoms with Gasteiger partial charge in [0.2, 0.25) is 11.8 Å². The quantitative estimate of drug-likeness (QED) is 0.866. The predicted octanol–water partition coefficient (Wildman–Crippen LogP) is 3.01.